The van der Waals surface area contributed by atoms with Crippen LogP contribution in [-0.2, 0) is 19.1 Å². The van der Waals surface area contributed by atoms with E-state index in [-0.39, 0.29) is 51.5 Å². The molecule has 4 saturated carbocycles. The van der Waals surface area contributed by atoms with Gasteiger partial charge in [0.25, 0.3) is 0 Å². The molecule has 5 rings (SSSR count). The van der Waals surface area contributed by atoms with Gasteiger partial charge in [0.1, 0.15) is 6.10 Å². The van der Waals surface area contributed by atoms with Crippen LogP contribution in [0.25, 0.3) is 0 Å². The number of methoxy groups -OCH3 is 1. The Morgan fingerprint density at radius 2 is 1.68 bits per heavy atom. The molecule has 0 amide bonds. The summed E-state index contributed by atoms with van der Waals surface area (Å²) in [6.07, 6.45) is 9.29. The Kier molecular flexibility index (Phi) is 6.54. The molecular weight excluding hydrogens is 476 g/mol. The number of hydrogen-bond donors (Lipinski definition) is 1. The first-order valence-corrected chi connectivity index (χ1v) is 15.2. The molecule has 0 unspecified atom stereocenters. The number of aliphatic hydroxyl groups excluding tert-OH is 1. The van der Waals surface area contributed by atoms with Crippen LogP contribution in [0.4, 0.5) is 0 Å². The third-order valence-corrected chi connectivity index (χ3v) is 13.7. The predicted octanol–water partition coefficient (Wildman–Crippen LogP) is 6.72. The molecule has 5 heteroatoms. The average Bonchev–Trinajstić information content (AvgIpc) is 2.82. The summed E-state index contributed by atoms with van der Waals surface area (Å²) in [6, 6.07) is 0. The highest BCUT2D eigenvalue weighted by molar-refractivity contribution is 5.78. The lowest BCUT2D eigenvalue weighted by Gasteiger charge is -2.72. The second-order valence-corrected chi connectivity index (χ2v) is 15.4. The van der Waals surface area contributed by atoms with Gasteiger partial charge in [0.05, 0.1) is 18.6 Å². The van der Waals surface area contributed by atoms with Gasteiger partial charge in [-0.25, -0.2) is 0 Å². The van der Waals surface area contributed by atoms with Gasteiger partial charge in [-0.15, -0.1) is 0 Å². The van der Waals surface area contributed by atoms with Gasteiger partial charge in [-0.2, -0.15) is 0 Å². The average molecular weight is 529 g/mol. The molecule has 0 saturated heterocycles. The Bertz CT molecular complexity index is 1030. The second-order valence-electron chi connectivity index (χ2n) is 15.4. The first-order valence-electron chi connectivity index (χ1n) is 15.2. The van der Waals surface area contributed by atoms with Crippen LogP contribution >= 0.6 is 0 Å². The standard InChI is InChI=1S/C33H52O5/c1-19-12-15-33(28(36)37-9)17-16-31(7)22(26(33)20(19)2)10-11-24-30(6)14-13-25(38-21(3)34)29(4,5)27(30)23(35)18-32(24,31)8/h10,19-20,23-27,35H,11-18H2,1-9H3/t19-,20+,23-,24-,25+,26+,27+,30-,31-,32-,33+/m1/s1. The first kappa shape index (κ1) is 28.2. The molecule has 0 aromatic heterocycles. The Hall–Kier alpha value is -1.36. The van der Waals surface area contributed by atoms with Crippen LogP contribution in [0.3, 0.4) is 0 Å². The van der Waals surface area contributed by atoms with E-state index in [1.54, 1.807) is 7.11 Å². The molecule has 5 aliphatic rings. The third-order valence-electron chi connectivity index (χ3n) is 13.7. The topological polar surface area (TPSA) is 72.8 Å². The van der Waals surface area contributed by atoms with E-state index in [9.17, 15) is 14.7 Å². The van der Waals surface area contributed by atoms with Crippen molar-refractivity contribution in [3.8, 4) is 0 Å². The quantitative estimate of drug-likeness (QED) is 0.318. The molecule has 1 N–H and O–H groups in total. The number of carbonyl (C=O) groups excluding carboxylic acids is 2. The second kappa shape index (κ2) is 8.82. The summed E-state index contributed by atoms with van der Waals surface area (Å²) in [5, 5.41) is 12.0. The molecule has 4 fully saturated rings. The predicted molar refractivity (Wildman–Crippen MR) is 148 cm³/mol. The van der Waals surface area contributed by atoms with Crippen molar-refractivity contribution in [3.05, 3.63) is 11.6 Å². The first-order chi connectivity index (χ1) is 17.6. The van der Waals surface area contributed by atoms with Crippen LogP contribution in [-0.4, -0.2) is 36.4 Å². The van der Waals surface area contributed by atoms with Gasteiger partial charge in [-0.1, -0.05) is 60.1 Å². The highest BCUT2D eigenvalue weighted by Gasteiger charge is 2.71. The van der Waals surface area contributed by atoms with Crippen LogP contribution < -0.4 is 0 Å². The molecule has 5 nitrogen and oxygen atoms in total. The molecule has 11 atom stereocenters. The van der Waals surface area contributed by atoms with Crippen LogP contribution in [0.15, 0.2) is 11.6 Å². The third kappa shape index (κ3) is 3.45. The molecule has 0 aromatic rings. The maximum Gasteiger partial charge on any atom is 0.312 e. The maximum atomic E-state index is 13.5. The van der Waals surface area contributed by atoms with Gasteiger partial charge in [-0.05, 0) is 97.2 Å². The zero-order valence-corrected chi connectivity index (χ0v) is 25.4. The minimum Gasteiger partial charge on any atom is -0.469 e. The molecule has 214 valence electrons. The Morgan fingerprint density at radius 1 is 1.00 bits per heavy atom. The van der Waals surface area contributed by atoms with Crippen molar-refractivity contribution in [1.82, 2.24) is 0 Å². The number of aliphatic hydroxyl groups is 1. The minimum absolute atomic E-state index is 0.0160. The van der Waals surface area contributed by atoms with Crippen LogP contribution in [0.2, 0.25) is 0 Å². The molecule has 0 bridgehead atoms. The van der Waals surface area contributed by atoms with Crippen molar-refractivity contribution >= 4 is 11.9 Å². The highest BCUT2D eigenvalue weighted by Crippen LogP contribution is 2.75. The van der Waals surface area contributed by atoms with Crippen molar-refractivity contribution in [2.75, 3.05) is 7.11 Å². The highest BCUT2D eigenvalue weighted by atomic mass is 16.5. The largest absolute Gasteiger partial charge is 0.469 e. The zero-order chi connectivity index (χ0) is 28.1. The van der Waals surface area contributed by atoms with E-state index >= 15 is 0 Å². The minimum atomic E-state index is -0.458. The molecule has 0 radical (unpaired) electrons. The van der Waals surface area contributed by atoms with Crippen LogP contribution in [0.1, 0.15) is 107 Å². The van der Waals surface area contributed by atoms with Crippen LogP contribution in [0, 0.1) is 56.7 Å². The number of allylic oxidation sites excluding steroid dienone is 2. The molecule has 5 aliphatic carbocycles. The van der Waals surface area contributed by atoms with Crippen molar-refractivity contribution in [2.45, 2.75) is 119 Å². The van der Waals surface area contributed by atoms with Crippen molar-refractivity contribution < 1.29 is 24.2 Å². The molecule has 0 heterocycles. The number of hydrogen-bond acceptors (Lipinski definition) is 5. The van der Waals surface area contributed by atoms with E-state index < -0.39 is 11.5 Å². The smallest absolute Gasteiger partial charge is 0.312 e. The number of fused-ring (bicyclic) bond motifs is 7. The maximum absolute atomic E-state index is 13.5. The van der Waals surface area contributed by atoms with Gasteiger partial charge < -0.3 is 14.6 Å². The summed E-state index contributed by atoms with van der Waals surface area (Å²) in [6.45, 7) is 18.0. The normalized spacial score (nSPS) is 51.3. The molecule has 0 aromatic carbocycles. The van der Waals surface area contributed by atoms with Crippen molar-refractivity contribution in [3.63, 3.8) is 0 Å². The van der Waals surface area contributed by atoms with E-state index in [2.05, 4.69) is 54.5 Å². The fourth-order valence-electron chi connectivity index (χ4n) is 11.6. The SMILES string of the molecule is COC(=O)[C@]12CC[C@@H](C)[C@H](C)[C@H]1C1=CC[C@@H]3[C@@]4(C)CC[C@H](OC(C)=O)C(C)(C)[C@@H]4[C@H](O)C[C@@]3(C)[C@]1(C)CC2. The molecule has 0 aliphatic heterocycles. The van der Waals surface area contributed by atoms with Gasteiger partial charge in [0, 0.05) is 12.3 Å². The van der Waals surface area contributed by atoms with E-state index in [4.69, 9.17) is 9.47 Å². The Labute approximate surface area is 230 Å². The van der Waals surface area contributed by atoms with Gasteiger partial charge in [0.2, 0.25) is 0 Å². The fourth-order valence-corrected chi connectivity index (χ4v) is 11.6. The number of ether oxygens (including phenoxy) is 2. The van der Waals surface area contributed by atoms with E-state index in [1.807, 2.05) is 0 Å². The van der Waals surface area contributed by atoms with E-state index in [0.29, 0.717) is 17.8 Å². The molecule has 38 heavy (non-hydrogen) atoms. The summed E-state index contributed by atoms with van der Waals surface area (Å²) in [7, 11) is 1.56. The molecule has 0 spiro atoms. The summed E-state index contributed by atoms with van der Waals surface area (Å²) in [4.78, 5) is 25.4. The monoisotopic (exact) mass is 528 g/mol. The summed E-state index contributed by atoms with van der Waals surface area (Å²) >= 11 is 0. The zero-order valence-electron chi connectivity index (χ0n) is 25.4. The van der Waals surface area contributed by atoms with Crippen molar-refractivity contribution in [2.24, 2.45) is 56.7 Å². The Morgan fingerprint density at radius 3 is 2.32 bits per heavy atom. The van der Waals surface area contributed by atoms with Gasteiger partial charge in [-0.3, -0.25) is 9.59 Å². The van der Waals surface area contributed by atoms with E-state index in [1.165, 1.54) is 12.5 Å². The van der Waals surface area contributed by atoms with E-state index in [0.717, 1.165) is 51.4 Å². The lowest BCUT2D eigenvalue weighted by Crippen LogP contribution is -2.68. The van der Waals surface area contributed by atoms with Crippen LogP contribution in [0.5, 0.6) is 0 Å². The summed E-state index contributed by atoms with van der Waals surface area (Å²) in [5.74, 6) is 1.44. The number of rotatable bonds is 2. The number of carbonyl (C=O) groups is 2. The summed E-state index contributed by atoms with van der Waals surface area (Å²) < 4.78 is 11.3. The number of esters is 2. The lowest BCUT2D eigenvalue weighted by molar-refractivity contribution is -0.246. The summed E-state index contributed by atoms with van der Waals surface area (Å²) in [5.41, 5.74) is 0.557. The van der Waals surface area contributed by atoms with Gasteiger partial charge >= 0.3 is 11.9 Å². The van der Waals surface area contributed by atoms with Gasteiger partial charge in [0.15, 0.2) is 0 Å². The van der Waals surface area contributed by atoms with Crippen molar-refractivity contribution in [1.29, 1.82) is 0 Å². The molecular formula is C33H52O5. The fraction of sp³-hybridized carbons (Fsp3) is 0.879. The Balaban J connectivity index is 1.60. The lowest BCUT2D eigenvalue weighted by atomic mass is 9.33.